The maximum Gasteiger partial charge on any atom is 0.0886 e. The molecule has 1 aliphatic heterocycles. The van der Waals surface area contributed by atoms with Gasteiger partial charge >= 0.3 is 0 Å². The van der Waals surface area contributed by atoms with Crippen molar-refractivity contribution in [2.75, 3.05) is 12.4 Å². The van der Waals surface area contributed by atoms with Gasteiger partial charge in [0, 0.05) is 10.5 Å². The molecular weight excluding hydrogens is 192 g/mol. The first kappa shape index (κ1) is 10.4. The third-order valence-corrected chi connectivity index (χ3v) is 4.61. The van der Waals surface area contributed by atoms with Crippen LogP contribution >= 0.6 is 11.8 Å². The number of thioether (sulfide) groups is 1. The van der Waals surface area contributed by atoms with Crippen molar-refractivity contribution in [2.45, 2.75) is 50.2 Å². The molecule has 1 saturated heterocycles. The van der Waals surface area contributed by atoms with Gasteiger partial charge in [0.2, 0.25) is 0 Å². The first-order valence-electron chi connectivity index (χ1n) is 5.72. The zero-order chi connectivity index (χ0) is 9.86. The van der Waals surface area contributed by atoms with Crippen LogP contribution in [0, 0.1) is 0 Å². The molecule has 80 valence electrons. The molecule has 0 spiro atoms. The van der Waals surface area contributed by atoms with Crippen molar-refractivity contribution in [3.63, 3.8) is 0 Å². The van der Waals surface area contributed by atoms with Crippen LogP contribution in [0.1, 0.15) is 45.4 Å². The Hall–Kier alpha value is -0.110. The van der Waals surface area contributed by atoms with Crippen LogP contribution in [0.5, 0.6) is 0 Å². The smallest absolute Gasteiger partial charge is 0.0886 e. The first-order valence-corrected chi connectivity index (χ1v) is 6.71. The standard InChI is InChI=1S/C12H20OS/c1-12(10-14-12)7-8-13-9-11-5-3-2-4-6-11/h9H,2-8,10H2,1H3. The van der Waals surface area contributed by atoms with Gasteiger partial charge in [0.05, 0.1) is 12.9 Å². The van der Waals surface area contributed by atoms with Crippen molar-refractivity contribution < 1.29 is 4.74 Å². The van der Waals surface area contributed by atoms with E-state index in [1.165, 1.54) is 49.9 Å². The van der Waals surface area contributed by atoms with Crippen LogP contribution in [0.25, 0.3) is 0 Å². The van der Waals surface area contributed by atoms with Gasteiger partial charge in [-0.25, -0.2) is 0 Å². The fraction of sp³-hybridized carbons (Fsp3) is 0.833. The first-order chi connectivity index (χ1) is 6.79. The molecule has 0 aromatic carbocycles. The molecule has 0 aromatic rings. The second-order valence-corrected chi connectivity index (χ2v) is 6.26. The van der Waals surface area contributed by atoms with E-state index >= 15 is 0 Å². The Morgan fingerprint density at radius 3 is 2.71 bits per heavy atom. The summed E-state index contributed by atoms with van der Waals surface area (Å²) in [5.41, 5.74) is 1.53. The van der Waals surface area contributed by atoms with E-state index in [9.17, 15) is 0 Å². The molecule has 2 heteroatoms. The van der Waals surface area contributed by atoms with Gasteiger partial charge in [-0.05, 0) is 44.6 Å². The zero-order valence-corrected chi connectivity index (χ0v) is 9.87. The van der Waals surface area contributed by atoms with Gasteiger partial charge in [-0.3, -0.25) is 0 Å². The average Bonchev–Trinajstić information content (AvgIpc) is 2.94. The highest BCUT2D eigenvalue weighted by Gasteiger charge is 2.37. The number of allylic oxidation sites excluding steroid dienone is 1. The van der Waals surface area contributed by atoms with Crippen LogP contribution in [0.15, 0.2) is 11.8 Å². The topological polar surface area (TPSA) is 9.23 Å². The van der Waals surface area contributed by atoms with Crippen LogP contribution in [0.4, 0.5) is 0 Å². The molecule has 14 heavy (non-hydrogen) atoms. The van der Waals surface area contributed by atoms with Crippen molar-refractivity contribution in [3.8, 4) is 0 Å². The third-order valence-electron chi connectivity index (χ3n) is 3.13. The average molecular weight is 212 g/mol. The van der Waals surface area contributed by atoms with Crippen LogP contribution in [-0.4, -0.2) is 17.1 Å². The van der Waals surface area contributed by atoms with Gasteiger partial charge in [-0.2, -0.15) is 11.8 Å². The molecule has 0 radical (unpaired) electrons. The summed E-state index contributed by atoms with van der Waals surface area (Å²) in [6.45, 7) is 3.24. The fourth-order valence-electron chi connectivity index (χ4n) is 1.84. The molecule has 2 fully saturated rings. The summed E-state index contributed by atoms with van der Waals surface area (Å²) in [4.78, 5) is 0. The van der Waals surface area contributed by atoms with Gasteiger partial charge < -0.3 is 4.74 Å². The maximum absolute atomic E-state index is 5.61. The Morgan fingerprint density at radius 2 is 2.07 bits per heavy atom. The lowest BCUT2D eigenvalue weighted by Gasteiger charge is -2.13. The molecule has 2 aliphatic rings. The summed E-state index contributed by atoms with van der Waals surface area (Å²) in [6.07, 6.45) is 9.92. The Labute approximate surface area is 91.3 Å². The highest BCUT2D eigenvalue weighted by molar-refractivity contribution is 8.07. The van der Waals surface area contributed by atoms with Gasteiger partial charge in [0.1, 0.15) is 0 Å². The summed E-state index contributed by atoms with van der Waals surface area (Å²) in [5.74, 6) is 1.33. The minimum atomic E-state index is 0.561. The summed E-state index contributed by atoms with van der Waals surface area (Å²) < 4.78 is 6.17. The largest absolute Gasteiger partial charge is 0.501 e. The molecule has 0 N–H and O–H groups in total. The second-order valence-electron chi connectivity index (χ2n) is 4.70. The highest BCUT2D eigenvalue weighted by atomic mass is 32.2. The predicted molar refractivity (Wildman–Crippen MR) is 62.6 cm³/mol. The van der Waals surface area contributed by atoms with E-state index in [4.69, 9.17) is 4.74 Å². The lowest BCUT2D eigenvalue weighted by molar-refractivity contribution is 0.233. The minimum absolute atomic E-state index is 0.561. The van der Waals surface area contributed by atoms with Crippen LogP contribution in [-0.2, 0) is 4.74 Å². The summed E-state index contributed by atoms with van der Waals surface area (Å²) in [5, 5.41) is 0. The molecule has 1 unspecified atom stereocenters. The third kappa shape index (κ3) is 3.23. The maximum atomic E-state index is 5.61. The van der Waals surface area contributed by atoms with Gasteiger partial charge in [0.25, 0.3) is 0 Å². The number of hydrogen-bond acceptors (Lipinski definition) is 2. The van der Waals surface area contributed by atoms with E-state index in [1.54, 1.807) is 0 Å². The van der Waals surface area contributed by atoms with E-state index < -0.39 is 0 Å². The number of hydrogen-bond donors (Lipinski definition) is 0. The Bertz CT molecular complexity index is 210. The van der Waals surface area contributed by atoms with Crippen LogP contribution < -0.4 is 0 Å². The van der Waals surface area contributed by atoms with Crippen molar-refractivity contribution in [3.05, 3.63) is 11.8 Å². The lowest BCUT2D eigenvalue weighted by Crippen LogP contribution is -2.06. The second kappa shape index (κ2) is 4.61. The molecule has 1 saturated carbocycles. The number of rotatable bonds is 4. The van der Waals surface area contributed by atoms with Crippen molar-refractivity contribution in [2.24, 2.45) is 0 Å². The molecule has 0 amide bonds. The van der Waals surface area contributed by atoms with E-state index in [1.807, 2.05) is 6.26 Å². The molecular formula is C12H20OS. The molecule has 1 aliphatic carbocycles. The van der Waals surface area contributed by atoms with Crippen molar-refractivity contribution >= 4 is 11.8 Å². The molecule has 2 rings (SSSR count). The Balaban J connectivity index is 1.60. The summed E-state index contributed by atoms with van der Waals surface area (Å²) in [7, 11) is 0. The minimum Gasteiger partial charge on any atom is -0.501 e. The zero-order valence-electron chi connectivity index (χ0n) is 9.05. The van der Waals surface area contributed by atoms with E-state index in [-0.39, 0.29) is 0 Å². The molecule has 1 atom stereocenters. The summed E-state index contributed by atoms with van der Waals surface area (Å²) in [6, 6.07) is 0. The normalized spacial score (nSPS) is 31.4. The van der Waals surface area contributed by atoms with E-state index in [2.05, 4.69) is 18.7 Å². The molecule has 0 aromatic heterocycles. The molecule has 1 heterocycles. The van der Waals surface area contributed by atoms with Crippen molar-refractivity contribution in [1.82, 2.24) is 0 Å². The van der Waals surface area contributed by atoms with E-state index in [0.717, 1.165) is 6.61 Å². The highest BCUT2D eigenvalue weighted by Crippen LogP contribution is 2.46. The van der Waals surface area contributed by atoms with Gasteiger partial charge in [-0.1, -0.05) is 6.42 Å². The Morgan fingerprint density at radius 1 is 1.36 bits per heavy atom. The van der Waals surface area contributed by atoms with Crippen molar-refractivity contribution in [1.29, 1.82) is 0 Å². The number of ether oxygens (including phenoxy) is 1. The van der Waals surface area contributed by atoms with Gasteiger partial charge in [-0.15, -0.1) is 0 Å². The van der Waals surface area contributed by atoms with Gasteiger partial charge in [0.15, 0.2) is 0 Å². The van der Waals surface area contributed by atoms with Crippen LogP contribution in [0.2, 0.25) is 0 Å². The molecule has 0 bridgehead atoms. The lowest BCUT2D eigenvalue weighted by atomic mass is 9.96. The Kier molecular flexibility index (Phi) is 3.42. The fourth-order valence-corrected chi connectivity index (χ4v) is 2.46. The SMILES string of the molecule is CC1(CCOC=C2CCCCC2)CS1. The quantitative estimate of drug-likeness (QED) is 0.399. The monoisotopic (exact) mass is 212 g/mol. The molecule has 1 nitrogen and oxygen atoms in total. The van der Waals surface area contributed by atoms with E-state index in [0.29, 0.717) is 4.75 Å². The van der Waals surface area contributed by atoms with Crippen LogP contribution in [0.3, 0.4) is 0 Å². The summed E-state index contributed by atoms with van der Waals surface area (Å²) >= 11 is 2.06. The predicted octanol–water partition coefficient (Wildman–Crippen LogP) is 3.75.